The fourth-order valence-electron chi connectivity index (χ4n) is 1.75. The summed E-state index contributed by atoms with van der Waals surface area (Å²) in [6, 6.07) is 0. The third-order valence-corrected chi connectivity index (χ3v) is 2.59. The Morgan fingerprint density at radius 2 is 2.24 bits per heavy atom. The first-order valence-corrected chi connectivity index (χ1v) is 5.92. The third-order valence-electron chi connectivity index (χ3n) is 2.59. The van der Waals surface area contributed by atoms with Crippen molar-refractivity contribution in [2.75, 3.05) is 6.54 Å². The molecule has 0 spiro atoms. The molecule has 1 N–H and O–H groups in total. The maximum atomic E-state index is 5.70. The van der Waals surface area contributed by atoms with Crippen molar-refractivity contribution in [2.45, 2.75) is 26.8 Å². The Balaban J connectivity index is 2.23. The minimum atomic E-state index is 0.665. The van der Waals surface area contributed by atoms with Crippen molar-refractivity contribution in [1.82, 2.24) is 20.1 Å². The van der Waals surface area contributed by atoms with E-state index < -0.39 is 0 Å². The van der Waals surface area contributed by atoms with E-state index in [4.69, 9.17) is 4.42 Å². The second-order valence-electron chi connectivity index (χ2n) is 3.92. The van der Waals surface area contributed by atoms with Crippen LogP contribution in [0.5, 0.6) is 0 Å². The number of rotatable bonds is 5. The first-order chi connectivity index (χ1) is 8.24. The molecule has 92 valence electrons. The lowest BCUT2D eigenvalue weighted by Gasteiger charge is -1.96. The minimum Gasteiger partial charge on any atom is -0.439 e. The zero-order valence-corrected chi connectivity index (χ0v) is 10.5. The molecular formula is C12H18N4O. The maximum Gasteiger partial charge on any atom is 0.208 e. The van der Waals surface area contributed by atoms with E-state index in [1.54, 1.807) is 10.9 Å². The number of aromatic nitrogens is 3. The first kappa shape index (κ1) is 11.9. The Morgan fingerprint density at radius 3 is 2.94 bits per heavy atom. The van der Waals surface area contributed by atoms with Crippen LogP contribution in [0.15, 0.2) is 16.8 Å². The number of hydrogen-bond acceptors (Lipinski definition) is 4. The second kappa shape index (κ2) is 5.14. The van der Waals surface area contributed by atoms with E-state index >= 15 is 0 Å². The van der Waals surface area contributed by atoms with Crippen molar-refractivity contribution in [3.63, 3.8) is 0 Å². The van der Waals surface area contributed by atoms with Gasteiger partial charge in [0.2, 0.25) is 5.89 Å². The van der Waals surface area contributed by atoms with Gasteiger partial charge in [0.05, 0.1) is 24.0 Å². The van der Waals surface area contributed by atoms with Gasteiger partial charge in [0.1, 0.15) is 0 Å². The van der Waals surface area contributed by atoms with Crippen molar-refractivity contribution >= 4 is 0 Å². The van der Waals surface area contributed by atoms with Gasteiger partial charge in [-0.25, -0.2) is 4.98 Å². The molecule has 0 aliphatic carbocycles. The van der Waals surface area contributed by atoms with E-state index in [1.165, 1.54) is 0 Å². The summed E-state index contributed by atoms with van der Waals surface area (Å²) < 4.78 is 7.51. The molecule has 5 heteroatoms. The summed E-state index contributed by atoms with van der Waals surface area (Å²) in [5, 5.41) is 7.58. The smallest absolute Gasteiger partial charge is 0.208 e. The van der Waals surface area contributed by atoms with Gasteiger partial charge in [0.15, 0.2) is 5.76 Å². The van der Waals surface area contributed by atoms with Crippen molar-refractivity contribution in [3.8, 4) is 11.3 Å². The molecule has 0 aromatic carbocycles. The van der Waals surface area contributed by atoms with Gasteiger partial charge in [0, 0.05) is 13.2 Å². The molecule has 17 heavy (non-hydrogen) atoms. The minimum absolute atomic E-state index is 0.665. The van der Waals surface area contributed by atoms with E-state index in [1.807, 2.05) is 13.2 Å². The number of oxazole rings is 1. The molecule has 2 aromatic heterocycles. The van der Waals surface area contributed by atoms with Crippen LogP contribution >= 0.6 is 0 Å². The average Bonchev–Trinajstić information content (AvgIpc) is 2.92. The van der Waals surface area contributed by atoms with Crippen LogP contribution in [-0.4, -0.2) is 21.3 Å². The van der Waals surface area contributed by atoms with Crippen LogP contribution in [0.25, 0.3) is 11.3 Å². The van der Waals surface area contributed by atoms with Gasteiger partial charge in [-0.15, -0.1) is 0 Å². The normalized spacial score (nSPS) is 11.0. The van der Waals surface area contributed by atoms with E-state index in [0.29, 0.717) is 12.4 Å². The Bertz CT molecular complexity index is 486. The highest BCUT2D eigenvalue weighted by atomic mass is 16.4. The molecule has 0 fully saturated rings. The van der Waals surface area contributed by atoms with Crippen LogP contribution in [0, 0.1) is 0 Å². The Morgan fingerprint density at radius 1 is 1.41 bits per heavy atom. The zero-order chi connectivity index (χ0) is 12.3. The van der Waals surface area contributed by atoms with Crippen molar-refractivity contribution in [1.29, 1.82) is 0 Å². The van der Waals surface area contributed by atoms with Crippen molar-refractivity contribution in [3.05, 3.63) is 24.0 Å². The molecule has 0 radical (unpaired) electrons. The van der Waals surface area contributed by atoms with E-state index in [9.17, 15) is 0 Å². The fraction of sp³-hybridized carbons (Fsp3) is 0.500. The average molecular weight is 234 g/mol. The fourth-order valence-corrected chi connectivity index (χ4v) is 1.75. The molecule has 0 unspecified atom stereocenters. The lowest BCUT2D eigenvalue weighted by atomic mass is 10.2. The summed E-state index contributed by atoms with van der Waals surface area (Å²) in [5.41, 5.74) is 2.07. The predicted molar refractivity (Wildman–Crippen MR) is 65.5 cm³/mol. The molecular weight excluding hydrogens is 216 g/mol. The molecule has 5 nitrogen and oxygen atoms in total. The molecule has 0 amide bonds. The van der Waals surface area contributed by atoms with E-state index in [0.717, 1.165) is 30.0 Å². The highest BCUT2D eigenvalue weighted by Crippen LogP contribution is 2.23. The maximum absolute atomic E-state index is 5.70. The Hall–Kier alpha value is -1.62. The van der Waals surface area contributed by atoms with Crippen LogP contribution in [0.2, 0.25) is 0 Å². The van der Waals surface area contributed by atoms with Gasteiger partial charge in [-0.05, 0) is 13.0 Å². The Kier molecular flexibility index (Phi) is 3.58. The second-order valence-corrected chi connectivity index (χ2v) is 3.92. The topological polar surface area (TPSA) is 55.9 Å². The lowest BCUT2D eigenvalue weighted by molar-refractivity contribution is 0.482. The first-order valence-electron chi connectivity index (χ1n) is 5.92. The summed E-state index contributed by atoms with van der Waals surface area (Å²) in [7, 11) is 1.92. The number of hydrogen-bond donors (Lipinski definition) is 1. The summed E-state index contributed by atoms with van der Waals surface area (Å²) in [6.07, 6.45) is 4.62. The molecule has 0 bridgehead atoms. The molecule has 0 atom stereocenters. The monoisotopic (exact) mass is 234 g/mol. The molecule has 2 rings (SSSR count). The van der Waals surface area contributed by atoms with E-state index in [-0.39, 0.29) is 0 Å². The largest absolute Gasteiger partial charge is 0.439 e. The van der Waals surface area contributed by atoms with Crippen LogP contribution in [0.4, 0.5) is 0 Å². The summed E-state index contributed by atoms with van der Waals surface area (Å²) in [5.74, 6) is 1.51. The summed E-state index contributed by atoms with van der Waals surface area (Å²) in [6.45, 7) is 5.71. The quantitative estimate of drug-likeness (QED) is 0.856. The van der Waals surface area contributed by atoms with Gasteiger partial charge >= 0.3 is 0 Å². The molecule has 0 saturated carbocycles. The standard InChI is InChI=1S/C12H18N4O/c1-4-10-9(8-16(3)15-10)11-6-14-12(17-11)7-13-5-2/h6,8,13H,4-5,7H2,1-3H3. The van der Waals surface area contributed by atoms with Crippen LogP contribution in [0.3, 0.4) is 0 Å². The molecule has 2 heterocycles. The van der Waals surface area contributed by atoms with Crippen LogP contribution in [0.1, 0.15) is 25.4 Å². The SMILES string of the molecule is CCNCc1ncc(-c2cn(C)nc2CC)o1. The third kappa shape index (κ3) is 2.55. The predicted octanol–water partition coefficient (Wildman–Crippen LogP) is 1.75. The van der Waals surface area contributed by atoms with E-state index in [2.05, 4.69) is 29.2 Å². The summed E-state index contributed by atoms with van der Waals surface area (Å²) in [4.78, 5) is 4.25. The molecule has 0 aliphatic rings. The van der Waals surface area contributed by atoms with Gasteiger partial charge < -0.3 is 9.73 Å². The lowest BCUT2D eigenvalue weighted by Crippen LogP contribution is -2.11. The van der Waals surface area contributed by atoms with Gasteiger partial charge in [-0.3, -0.25) is 4.68 Å². The molecule has 0 saturated heterocycles. The van der Waals surface area contributed by atoms with Gasteiger partial charge in [-0.1, -0.05) is 13.8 Å². The highest BCUT2D eigenvalue weighted by Gasteiger charge is 2.12. The van der Waals surface area contributed by atoms with Crippen LogP contribution in [-0.2, 0) is 20.0 Å². The Labute approximate surface area is 101 Å². The zero-order valence-electron chi connectivity index (χ0n) is 10.5. The van der Waals surface area contributed by atoms with Gasteiger partial charge in [-0.2, -0.15) is 5.10 Å². The molecule has 0 aliphatic heterocycles. The van der Waals surface area contributed by atoms with Crippen molar-refractivity contribution in [2.24, 2.45) is 7.05 Å². The number of aryl methyl sites for hydroxylation is 2. The van der Waals surface area contributed by atoms with Gasteiger partial charge in [0.25, 0.3) is 0 Å². The van der Waals surface area contributed by atoms with Crippen LogP contribution < -0.4 is 5.32 Å². The number of nitrogens with one attached hydrogen (secondary N) is 1. The van der Waals surface area contributed by atoms with Crippen molar-refractivity contribution < 1.29 is 4.42 Å². The number of nitrogens with zero attached hydrogens (tertiary/aromatic N) is 3. The molecule has 2 aromatic rings. The highest BCUT2D eigenvalue weighted by molar-refractivity contribution is 5.58. The summed E-state index contributed by atoms with van der Waals surface area (Å²) >= 11 is 0.